The summed E-state index contributed by atoms with van der Waals surface area (Å²) in [6, 6.07) is 8.21. The molecule has 0 saturated heterocycles. The van der Waals surface area contributed by atoms with Gasteiger partial charge in [-0.05, 0) is 31.0 Å². The Bertz CT molecular complexity index is 286. The molecular weight excluding hydrogens is 254 g/mol. The molecule has 0 aromatic heterocycles. The molecule has 1 rings (SSSR count). The number of ether oxygens (including phenoxy) is 1. The van der Waals surface area contributed by atoms with Crippen LogP contribution in [0.4, 0.5) is 0 Å². The second-order valence-electron chi connectivity index (χ2n) is 3.50. The first-order valence-electron chi connectivity index (χ1n) is 5.31. The van der Waals surface area contributed by atoms with Crippen LogP contribution < -0.4 is 5.73 Å². The average Bonchev–Trinajstić information content (AvgIpc) is 2.26. The number of hydrogen-bond acceptors (Lipinski definition) is 2. The van der Waals surface area contributed by atoms with Gasteiger partial charge in [0.2, 0.25) is 0 Å². The molecule has 0 aliphatic carbocycles. The molecular formula is C12H18BrNO. The zero-order valence-electron chi connectivity index (χ0n) is 9.24. The zero-order chi connectivity index (χ0) is 11.3. The van der Waals surface area contributed by atoms with Crippen LogP contribution in [0.1, 0.15) is 31.9 Å². The third kappa shape index (κ3) is 3.59. The normalized spacial score (nSPS) is 14.9. The van der Waals surface area contributed by atoms with Gasteiger partial charge in [0.15, 0.2) is 0 Å². The molecule has 1 aromatic carbocycles. The highest BCUT2D eigenvalue weighted by molar-refractivity contribution is 9.10. The van der Waals surface area contributed by atoms with E-state index in [1.54, 1.807) is 0 Å². The molecule has 84 valence electrons. The van der Waals surface area contributed by atoms with Crippen molar-refractivity contribution < 1.29 is 4.74 Å². The molecule has 0 bridgehead atoms. The van der Waals surface area contributed by atoms with Crippen LogP contribution in [0.2, 0.25) is 0 Å². The molecule has 15 heavy (non-hydrogen) atoms. The Morgan fingerprint density at radius 1 is 1.27 bits per heavy atom. The lowest BCUT2D eigenvalue weighted by atomic mass is 10.0. The highest BCUT2D eigenvalue weighted by Crippen LogP contribution is 2.23. The van der Waals surface area contributed by atoms with E-state index in [2.05, 4.69) is 35.0 Å². The molecule has 2 nitrogen and oxygen atoms in total. The third-order valence-corrected chi connectivity index (χ3v) is 2.93. The van der Waals surface area contributed by atoms with Crippen LogP contribution in [-0.4, -0.2) is 12.6 Å². The highest BCUT2D eigenvalue weighted by atomic mass is 79.9. The summed E-state index contributed by atoms with van der Waals surface area (Å²) in [7, 11) is 0. The Labute approximate surface area is 99.9 Å². The van der Waals surface area contributed by atoms with E-state index in [4.69, 9.17) is 10.5 Å². The Hall–Kier alpha value is -0.380. The minimum Gasteiger partial charge on any atom is -0.372 e. The molecule has 0 aliphatic rings. The van der Waals surface area contributed by atoms with Gasteiger partial charge in [-0.2, -0.15) is 0 Å². The minimum absolute atomic E-state index is 0.00750. The van der Waals surface area contributed by atoms with Crippen molar-refractivity contribution in [1.29, 1.82) is 0 Å². The van der Waals surface area contributed by atoms with Gasteiger partial charge in [-0.25, -0.2) is 0 Å². The van der Waals surface area contributed by atoms with Crippen LogP contribution in [0.15, 0.2) is 28.7 Å². The number of benzene rings is 1. The monoisotopic (exact) mass is 271 g/mol. The van der Waals surface area contributed by atoms with Crippen molar-refractivity contribution in [3.05, 3.63) is 34.3 Å². The Balaban J connectivity index is 2.83. The predicted molar refractivity (Wildman–Crippen MR) is 66.8 cm³/mol. The van der Waals surface area contributed by atoms with Crippen molar-refractivity contribution in [2.24, 2.45) is 5.73 Å². The molecule has 2 atom stereocenters. The van der Waals surface area contributed by atoms with E-state index in [1.165, 1.54) is 0 Å². The van der Waals surface area contributed by atoms with E-state index >= 15 is 0 Å². The maximum atomic E-state index is 6.04. The smallest absolute Gasteiger partial charge is 0.0975 e. The Morgan fingerprint density at radius 2 is 1.87 bits per heavy atom. The minimum atomic E-state index is 0.00750. The standard InChI is InChI=1S/C12H18BrNO/c1-3-11(14)12(15-4-2)9-5-7-10(13)8-6-9/h5-8,11-12H,3-4,14H2,1-2H3. The second-order valence-corrected chi connectivity index (χ2v) is 4.42. The van der Waals surface area contributed by atoms with Gasteiger partial charge in [-0.1, -0.05) is 35.0 Å². The lowest BCUT2D eigenvalue weighted by Crippen LogP contribution is -2.29. The predicted octanol–water partition coefficient (Wildman–Crippen LogP) is 3.26. The number of rotatable bonds is 5. The van der Waals surface area contributed by atoms with E-state index in [0.29, 0.717) is 6.61 Å². The van der Waals surface area contributed by atoms with E-state index in [9.17, 15) is 0 Å². The van der Waals surface area contributed by atoms with E-state index < -0.39 is 0 Å². The van der Waals surface area contributed by atoms with Gasteiger partial charge in [-0.15, -0.1) is 0 Å². The zero-order valence-corrected chi connectivity index (χ0v) is 10.8. The van der Waals surface area contributed by atoms with Gasteiger partial charge in [0.1, 0.15) is 0 Å². The quantitative estimate of drug-likeness (QED) is 0.892. The summed E-state index contributed by atoms with van der Waals surface area (Å²) >= 11 is 3.42. The van der Waals surface area contributed by atoms with Gasteiger partial charge in [-0.3, -0.25) is 0 Å². The fraction of sp³-hybridized carbons (Fsp3) is 0.500. The molecule has 0 radical (unpaired) electrons. The van der Waals surface area contributed by atoms with Crippen LogP contribution in [0.5, 0.6) is 0 Å². The largest absolute Gasteiger partial charge is 0.372 e. The summed E-state index contributed by atoms with van der Waals surface area (Å²) in [5, 5.41) is 0. The summed E-state index contributed by atoms with van der Waals surface area (Å²) < 4.78 is 6.76. The Kier molecular flexibility index (Phi) is 5.29. The molecule has 0 spiro atoms. The van der Waals surface area contributed by atoms with Gasteiger partial charge in [0.25, 0.3) is 0 Å². The van der Waals surface area contributed by atoms with Crippen LogP contribution >= 0.6 is 15.9 Å². The average molecular weight is 272 g/mol. The van der Waals surface area contributed by atoms with Crippen molar-refractivity contribution in [2.75, 3.05) is 6.61 Å². The summed E-state index contributed by atoms with van der Waals surface area (Å²) in [4.78, 5) is 0. The van der Waals surface area contributed by atoms with Crippen molar-refractivity contribution in [3.8, 4) is 0 Å². The van der Waals surface area contributed by atoms with Gasteiger partial charge < -0.3 is 10.5 Å². The number of hydrogen-bond donors (Lipinski definition) is 1. The van der Waals surface area contributed by atoms with Crippen LogP contribution in [0.3, 0.4) is 0 Å². The molecule has 2 unspecified atom stereocenters. The van der Waals surface area contributed by atoms with Gasteiger partial charge >= 0.3 is 0 Å². The Morgan fingerprint density at radius 3 is 2.33 bits per heavy atom. The molecule has 1 aromatic rings. The van der Waals surface area contributed by atoms with Crippen molar-refractivity contribution in [1.82, 2.24) is 0 Å². The van der Waals surface area contributed by atoms with E-state index in [0.717, 1.165) is 16.5 Å². The summed E-state index contributed by atoms with van der Waals surface area (Å²) in [5.74, 6) is 0. The third-order valence-electron chi connectivity index (χ3n) is 2.41. The van der Waals surface area contributed by atoms with Crippen LogP contribution in [0.25, 0.3) is 0 Å². The molecule has 0 saturated carbocycles. The molecule has 0 heterocycles. The maximum Gasteiger partial charge on any atom is 0.0975 e. The first kappa shape index (κ1) is 12.7. The topological polar surface area (TPSA) is 35.2 Å². The van der Waals surface area contributed by atoms with Crippen LogP contribution in [0, 0.1) is 0 Å². The first-order valence-corrected chi connectivity index (χ1v) is 6.11. The lowest BCUT2D eigenvalue weighted by molar-refractivity contribution is 0.0424. The fourth-order valence-electron chi connectivity index (χ4n) is 1.51. The van der Waals surface area contributed by atoms with Crippen molar-refractivity contribution >= 4 is 15.9 Å². The summed E-state index contributed by atoms with van der Waals surface area (Å²) in [5.41, 5.74) is 7.18. The lowest BCUT2D eigenvalue weighted by Gasteiger charge is -2.23. The summed E-state index contributed by atoms with van der Waals surface area (Å²) in [6.07, 6.45) is 0.925. The molecule has 0 amide bonds. The second kappa shape index (κ2) is 6.26. The van der Waals surface area contributed by atoms with E-state index in [1.807, 2.05) is 19.1 Å². The number of nitrogens with two attached hydrogens (primary N) is 1. The first-order chi connectivity index (χ1) is 7.19. The van der Waals surface area contributed by atoms with Gasteiger partial charge in [0, 0.05) is 17.1 Å². The van der Waals surface area contributed by atoms with Crippen molar-refractivity contribution in [2.45, 2.75) is 32.4 Å². The maximum absolute atomic E-state index is 6.04. The highest BCUT2D eigenvalue weighted by Gasteiger charge is 2.18. The summed E-state index contributed by atoms with van der Waals surface area (Å²) in [6.45, 7) is 4.76. The fourth-order valence-corrected chi connectivity index (χ4v) is 1.78. The van der Waals surface area contributed by atoms with Gasteiger partial charge in [0.05, 0.1) is 6.10 Å². The van der Waals surface area contributed by atoms with Crippen molar-refractivity contribution in [3.63, 3.8) is 0 Å². The molecule has 0 aliphatic heterocycles. The molecule has 0 fully saturated rings. The molecule has 2 N–H and O–H groups in total. The molecule has 3 heteroatoms. The number of halogens is 1. The van der Waals surface area contributed by atoms with E-state index in [-0.39, 0.29) is 12.1 Å². The van der Waals surface area contributed by atoms with Crippen LogP contribution in [-0.2, 0) is 4.74 Å². The SMILES string of the molecule is CCOC(c1ccc(Br)cc1)C(N)CC.